The topological polar surface area (TPSA) is 43.4 Å². The fourth-order valence-electron chi connectivity index (χ4n) is 1.14. The van der Waals surface area contributed by atoms with E-state index in [0.29, 0.717) is 18.8 Å². The summed E-state index contributed by atoms with van der Waals surface area (Å²) in [6.07, 6.45) is 1.36. The number of anilines is 1. The fraction of sp³-hybridized carbons (Fsp3) is 0.500. The smallest absolute Gasteiger partial charge is 0.214 e. The molecule has 5 heteroatoms. The quantitative estimate of drug-likeness (QED) is 0.725. The van der Waals surface area contributed by atoms with Crippen molar-refractivity contribution < 1.29 is 13.9 Å². The van der Waals surface area contributed by atoms with Gasteiger partial charge in [-0.3, -0.25) is 0 Å². The third kappa shape index (κ3) is 4.22. The van der Waals surface area contributed by atoms with Crippen molar-refractivity contribution in [3.05, 3.63) is 24.3 Å². The van der Waals surface area contributed by atoms with Gasteiger partial charge < -0.3 is 14.8 Å². The molecule has 0 aliphatic carbocycles. The summed E-state index contributed by atoms with van der Waals surface area (Å²) < 4.78 is 22.8. The van der Waals surface area contributed by atoms with Crippen LogP contribution in [0, 0.1) is 5.95 Å². The summed E-state index contributed by atoms with van der Waals surface area (Å²) in [6, 6.07) is 3.03. The molecular weight excluding hydrogens is 199 g/mol. The lowest BCUT2D eigenvalue weighted by atomic mass is 10.3. The van der Waals surface area contributed by atoms with Gasteiger partial charge in [0, 0.05) is 38.7 Å². The lowest BCUT2D eigenvalue weighted by molar-refractivity contribution is 0.0365. The maximum absolute atomic E-state index is 12.7. The van der Waals surface area contributed by atoms with Gasteiger partial charge in [0.15, 0.2) is 0 Å². The summed E-state index contributed by atoms with van der Waals surface area (Å²) in [4.78, 5) is 3.46. The molecule has 0 spiro atoms. The maximum Gasteiger partial charge on any atom is 0.214 e. The SMILES string of the molecule is COCC(CNc1ccnc(F)c1)OC. The van der Waals surface area contributed by atoms with E-state index < -0.39 is 5.95 Å². The Balaban J connectivity index is 2.41. The molecule has 0 saturated carbocycles. The summed E-state index contributed by atoms with van der Waals surface area (Å²) in [5, 5.41) is 3.04. The molecule has 84 valence electrons. The highest BCUT2D eigenvalue weighted by Gasteiger charge is 2.06. The first-order chi connectivity index (χ1) is 7.26. The van der Waals surface area contributed by atoms with Crippen LogP contribution in [-0.4, -0.2) is 38.5 Å². The predicted molar refractivity (Wildman–Crippen MR) is 55.4 cm³/mol. The molecule has 1 aromatic rings. The average molecular weight is 214 g/mol. The number of halogens is 1. The van der Waals surface area contributed by atoms with Crippen molar-refractivity contribution in [3.8, 4) is 0 Å². The lowest BCUT2D eigenvalue weighted by Crippen LogP contribution is -2.26. The highest BCUT2D eigenvalue weighted by Crippen LogP contribution is 2.06. The van der Waals surface area contributed by atoms with Crippen LogP contribution >= 0.6 is 0 Å². The molecule has 0 amide bonds. The van der Waals surface area contributed by atoms with Crippen LogP contribution in [0.15, 0.2) is 18.3 Å². The Morgan fingerprint density at radius 1 is 1.53 bits per heavy atom. The number of nitrogens with zero attached hydrogens (tertiary/aromatic N) is 1. The molecule has 1 heterocycles. The van der Waals surface area contributed by atoms with Crippen LogP contribution in [0.3, 0.4) is 0 Å². The summed E-state index contributed by atoms with van der Waals surface area (Å²) in [5.74, 6) is -0.499. The molecule has 1 aromatic heterocycles. The number of pyridine rings is 1. The molecule has 4 nitrogen and oxygen atoms in total. The van der Waals surface area contributed by atoms with Gasteiger partial charge in [0.25, 0.3) is 0 Å². The van der Waals surface area contributed by atoms with Crippen LogP contribution in [0.25, 0.3) is 0 Å². The number of hydrogen-bond donors (Lipinski definition) is 1. The second-order valence-electron chi connectivity index (χ2n) is 3.06. The molecule has 1 atom stereocenters. The van der Waals surface area contributed by atoms with Gasteiger partial charge >= 0.3 is 0 Å². The molecule has 0 aromatic carbocycles. The van der Waals surface area contributed by atoms with Gasteiger partial charge in [-0.05, 0) is 6.07 Å². The normalized spacial score (nSPS) is 12.5. The highest BCUT2D eigenvalue weighted by molar-refractivity contribution is 5.41. The molecule has 0 saturated heterocycles. The highest BCUT2D eigenvalue weighted by atomic mass is 19.1. The molecule has 1 rings (SSSR count). The van der Waals surface area contributed by atoms with Crippen LogP contribution in [0.2, 0.25) is 0 Å². The third-order valence-electron chi connectivity index (χ3n) is 1.95. The Kier molecular flexibility index (Phi) is 5.00. The van der Waals surface area contributed by atoms with Crippen LogP contribution in [0.4, 0.5) is 10.1 Å². The Morgan fingerprint density at radius 3 is 2.93 bits per heavy atom. The zero-order chi connectivity index (χ0) is 11.1. The predicted octanol–water partition coefficient (Wildman–Crippen LogP) is 1.29. The van der Waals surface area contributed by atoms with Crippen molar-refractivity contribution in [3.63, 3.8) is 0 Å². The summed E-state index contributed by atoms with van der Waals surface area (Å²) >= 11 is 0. The van der Waals surface area contributed by atoms with Crippen LogP contribution in [-0.2, 0) is 9.47 Å². The minimum absolute atomic E-state index is 0.0498. The number of methoxy groups -OCH3 is 2. The van der Waals surface area contributed by atoms with Crippen molar-refractivity contribution in [1.82, 2.24) is 4.98 Å². The maximum atomic E-state index is 12.7. The molecule has 0 aliphatic rings. The van der Waals surface area contributed by atoms with Crippen molar-refractivity contribution in [2.24, 2.45) is 0 Å². The zero-order valence-corrected chi connectivity index (χ0v) is 8.87. The molecule has 0 bridgehead atoms. The Labute approximate surface area is 88.4 Å². The van der Waals surface area contributed by atoms with Gasteiger partial charge in [-0.25, -0.2) is 4.98 Å². The van der Waals surface area contributed by atoms with Crippen molar-refractivity contribution in [1.29, 1.82) is 0 Å². The summed E-state index contributed by atoms with van der Waals surface area (Å²) in [5.41, 5.74) is 0.681. The monoisotopic (exact) mass is 214 g/mol. The second-order valence-corrected chi connectivity index (χ2v) is 3.06. The first-order valence-corrected chi connectivity index (χ1v) is 4.63. The Bertz CT molecular complexity index is 297. The zero-order valence-electron chi connectivity index (χ0n) is 8.87. The second kappa shape index (κ2) is 6.31. The largest absolute Gasteiger partial charge is 0.382 e. The van der Waals surface area contributed by atoms with Gasteiger partial charge in [0.2, 0.25) is 5.95 Å². The molecule has 15 heavy (non-hydrogen) atoms. The van der Waals surface area contributed by atoms with Crippen molar-refractivity contribution >= 4 is 5.69 Å². The number of ether oxygens (including phenoxy) is 2. The van der Waals surface area contributed by atoms with Gasteiger partial charge in [-0.2, -0.15) is 4.39 Å². The van der Waals surface area contributed by atoms with Crippen LogP contribution < -0.4 is 5.32 Å². The van der Waals surface area contributed by atoms with Gasteiger partial charge in [0.1, 0.15) is 0 Å². The van der Waals surface area contributed by atoms with E-state index in [4.69, 9.17) is 9.47 Å². The average Bonchev–Trinajstić information content (AvgIpc) is 2.24. The van der Waals surface area contributed by atoms with E-state index in [9.17, 15) is 4.39 Å². The first-order valence-electron chi connectivity index (χ1n) is 4.63. The number of hydrogen-bond acceptors (Lipinski definition) is 4. The van der Waals surface area contributed by atoms with Gasteiger partial charge in [-0.15, -0.1) is 0 Å². The minimum atomic E-state index is -0.499. The molecule has 0 aliphatic heterocycles. The van der Waals surface area contributed by atoms with E-state index in [-0.39, 0.29) is 6.10 Å². The number of aromatic nitrogens is 1. The van der Waals surface area contributed by atoms with Crippen LogP contribution in [0.1, 0.15) is 0 Å². The summed E-state index contributed by atoms with van der Waals surface area (Å²) in [7, 11) is 3.22. The third-order valence-corrected chi connectivity index (χ3v) is 1.95. The standard InChI is InChI=1S/C10H15FN2O2/c1-14-7-9(15-2)6-13-8-3-4-12-10(11)5-8/h3-5,9H,6-7H2,1-2H3,(H,12,13). The molecule has 1 unspecified atom stereocenters. The Hall–Kier alpha value is -1.20. The van der Waals surface area contributed by atoms with Crippen LogP contribution in [0.5, 0.6) is 0 Å². The molecule has 0 radical (unpaired) electrons. The van der Waals surface area contributed by atoms with E-state index in [1.54, 1.807) is 20.3 Å². The van der Waals surface area contributed by atoms with Crippen molar-refractivity contribution in [2.45, 2.75) is 6.10 Å². The molecule has 0 fully saturated rings. The lowest BCUT2D eigenvalue weighted by Gasteiger charge is -2.15. The first kappa shape index (κ1) is 11.9. The van der Waals surface area contributed by atoms with E-state index in [1.807, 2.05) is 0 Å². The minimum Gasteiger partial charge on any atom is -0.382 e. The summed E-state index contributed by atoms with van der Waals surface area (Å²) in [6.45, 7) is 1.06. The fourth-order valence-corrected chi connectivity index (χ4v) is 1.14. The van der Waals surface area contributed by atoms with E-state index in [1.165, 1.54) is 12.3 Å². The molecule has 1 N–H and O–H groups in total. The van der Waals surface area contributed by atoms with Crippen molar-refractivity contribution in [2.75, 3.05) is 32.7 Å². The van der Waals surface area contributed by atoms with E-state index in [2.05, 4.69) is 10.3 Å². The Morgan fingerprint density at radius 2 is 2.33 bits per heavy atom. The van der Waals surface area contributed by atoms with E-state index >= 15 is 0 Å². The van der Waals surface area contributed by atoms with Gasteiger partial charge in [0.05, 0.1) is 12.7 Å². The number of nitrogens with one attached hydrogen (secondary N) is 1. The van der Waals surface area contributed by atoms with E-state index in [0.717, 1.165) is 0 Å². The van der Waals surface area contributed by atoms with Gasteiger partial charge in [-0.1, -0.05) is 0 Å². The number of rotatable bonds is 6. The molecular formula is C10H15FN2O2.